The summed E-state index contributed by atoms with van der Waals surface area (Å²) in [6, 6.07) is 18.4. The lowest BCUT2D eigenvalue weighted by Gasteiger charge is -2.12. The number of para-hydroxylation sites is 1. The van der Waals surface area contributed by atoms with Gasteiger partial charge in [0.05, 0.1) is 18.5 Å². The standard InChI is InChI=1S/C21H20N4O/c26-14-19-11-18-3-1-2-4-20(18)24-21(19)23-12-16-5-7-17(8-6-16)13-25-10-9-22-15-25/h1-11,15,26H,12-14H2,(H,23,24). The highest BCUT2D eigenvalue weighted by Gasteiger charge is 2.06. The molecular formula is C21H20N4O. The van der Waals surface area contributed by atoms with E-state index in [9.17, 15) is 5.11 Å². The maximum absolute atomic E-state index is 9.65. The van der Waals surface area contributed by atoms with Crippen molar-refractivity contribution in [2.75, 3.05) is 5.32 Å². The minimum Gasteiger partial charge on any atom is -0.392 e. The lowest BCUT2D eigenvalue weighted by Crippen LogP contribution is -2.05. The van der Waals surface area contributed by atoms with Crippen LogP contribution >= 0.6 is 0 Å². The molecule has 4 aromatic rings. The van der Waals surface area contributed by atoms with Gasteiger partial charge in [0.15, 0.2) is 0 Å². The Morgan fingerprint density at radius 1 is 1.00 bits per heavy atom. The molecule has 0 radical (unpaired) electrons. The van der Waals surface area contributed by atoms with Gasteiger partial charge >= 0.3 is 0 Å². The number of aromatic nitrogens is 3. The molecule has 0 bridgehead atoms. The summed E-state index contributed by atoms with van der Waals surface area (Å²) in [5.74, 6) is 0.730. The molecule has 2 aromatic carbocycles. The normalized spacial score (nSPS) is 11.0. The average Bonchev–Trinajstić information content (AvgIpc) is 3.19. The Kier molecular flexibility index (Phi) is 4.62. The predicted octanol–water partition coefficient (Wildman–Crippen LogP) is 3.58. The summed E-state index contributed by atoms with van der Waals surface area (Å²) in [5, 5.41) is 14.0. The van der Waals surface area contributed by atoms with Crippen molar-refractivity contribution in [3.8, 4) is 0 Å². The first-order valence-electron chi connectivity index (χ1n) is 8.59. The monoisotopic (exact) mass is 344 g/mol. The molecule has 4 rings (SSSR count). The second kappa shape index (κ2) is 7.37. The van der Waals surface area contributed by atoms with Crippen LogP contribution < -0.4 is 5.32 Å². The van der Waals surface area contributed by atoms with Crippen LogP contribution in [0.2, 0.25) is 0 Å². The number of aliphatic hydroxyl groups excluding tert-OH is 1. The Balaban J connectivity index is 1.47. The molecule has 0 atom stereocenters. The van der Waals surface area contributed by atoms with Gasteiger partial charge in [-0.2, -0.15) is 0 Å². The van der Waals surface area contributed by atoms with Crippen LogP contribution in [-0.4, -0.2) is 19.6 Å². The molecule has 5 heteroatoms. The number of hydrogen-bond donors (Lipinski definition) is 2. The van der Waals surface area contributed by atoms with Gasteiger partial charge in [0.25, 0.3) is 0 Å². The molecule has 0 amide bonds. The number of pyridine rings is 1. The quantitative estimate of drug-likeness (QED) is 0.561. The zero-order valence-electron chi connectivity index (χ0n) is 14.3. The Labute approximate surface area is 152 Å². The number of anilines is 1. The third-order valence-electron chi connectivity index (χ3n) is 4.38. The largest absolute Gasteiger partial charge is 0.392 e. The molecule has 0 aliphatic carbocycles. The van der Waals surface area contributed by atoms with Crippen molar-refractivity contribution in [1.29, 1.82) is 0 Å². The molecule has 2 heterocycles. The van der Waals surface area contributed by atoms with Gasteiger partial charge < -0.3 is 15.0 Å². The lowest BCUT2D eigenvalue weighted by molar-refractivity contribution is 0.282. The van der Waals surface area contributed by atoms with Crippen molar-refractivity contribution in [2.45, 2.75) is 19.7 Å². The highest BCUT2D eigenvalue weighted by Crippen LogP contribution is 2.21. The summed E-state index contributed by atoms with van der Waals surface area (Å²) in [7, 11) is 0. The summed E-state index contributed by atoms with van der Waals surface area (Å²) in [5.41, 5.74) is 4.12. The summed E-state index contributed by atoms with van der Waals surface area (Å²) in [4.78, 5) is 8.71. The van der Waals surface area contributed by atoms with E-state index in [4.69, 9.17) is 0 Å². The van der Waals surface area contributed by atoms with Gasteiger partial charge in [-0.25, -0.2) is 9.97 Å². The van der Waals surface area contributed by atoms with E-state index in [1.54, 1.807) is 6.20 Å². The van der Waals surface area contributed by atoms with Gasteiger partial charge in [-0.15, -0.1) is 0 Å². The summed E-state index contributed by atoms with van der Waals surface area (Å²) < 4.78 is 2.04. The number of nitrogens with zero attached hydrogens (tertiary/aromatic N) is 3. The van der Waals surface area contributed by atoms with E-state index in [2.05, 4.69) is 39.6 Å². The van der Waals surface area contributed by atoms with E-state index in [0.29, 0.717) is 6.54 Å². The molecule has 0 aliphatic rings. The van der Waals surface area contributed by atoms with Crippen molar-refractivity contribution in [2.24, 2.45) is 0 Å². The van der Waals surface area contributed by atoms with Crippen LogP contribution in [0.1, 0.15) is 16.7 Å². The van der Waals surface area contributed by atoms with Crippen molar-refractivity contribution in [1.82, 2.24) is 14.5 Å². The number of rotatable bonds is 6. The van der Waals surface area contributed by atoms with E-state index in [-0.39, 0.29) is 6.61 Å². The third kappa shape index (κ3) is 3.58. The zero-order chi connectivity index (χ0) is 17.8. The molecule has 2 N–H and O–H groups in total. The molecule has 0 aliphatic heterocycles. The molecule has 5 nitrogen and oxygen atoms in total. The van der Waals surface area contributed by atoms with Gasteiger partial charge in [-0.05, 0) is 23.3 Å². The first-order chi connectivity index (χ1) is 12.8. The Bertz CT molecular complexity index is 994. The van der Waals surface area contributed by atoms with Crippen LogP contribution in [0.5, 0.6) is 0 Å². The average molecular weight is 344 g/mol. The second-order valence-electron chi connectivity index (χ2n) is 6.25. The summed E-state index contributed by atoms with van der Waals surface area (Å²) in [6.07, 6.45) is 5.56. The predicted molar refractivity (Wildman–Crippen MR) is 103 cm³/mol. The molecule has 0 fully saturated rings. The molecule has 2 aromatic heterocycles. The van der Waals surface area contributed by atoms with Crippen LogP contribution in [0.15, 0.2) is 73.3 Å². The Hall–Kier alpha value is -3.18. The van der Waals surface area contributed by atoms with Crippen LogP contribution in [0.3, 0.4) is 0 Å². The molecule has 130 valence electrons. The third-order valence-corrected chi connectivity index (χ3v) is 4.38. The molecule has 0 unspecified atom stereocenters. The molecule has 0 saturated carbocycles. The summed E-state index contributed by atoms with van der Waals surface area (Å²) >= 11 is 0. The van der Waals surface area contributed by atoms with Crippen molar-refractivity contribution >= 4 is 16.7 Å². The smallest absolute Gasteiger partial charge is 0.132 e. The van der Waals surface area contributed by atoms with E-state index >= 15 is 0 Å². The molecule has 0 spiro atoms. The number of hydrogen-bond acceptors (Lipinski definition) is 4. The maximum atomic E-state index is 9.65. The number of imidazole rings is 1. The first-order valence-corrected chi connectivity index (χ1v) is 8.59. The van der Waals surface area contributed by atoms with Crippen LogP contribution in [-0.2, 0) is 19.7 Å². The second-order valence-corrected chi connectivity index (χ2v) is 6.25. The Morgan fingerprint density at radius 3 is 2.58 bits per heavy atom. The topological polar surface area (TPSA) is 63.0 Å². The van der Waals surface area contributed by atoms with Gasteiger partial charge in [0.2, 0.25) is 0 Å². The highest BCUT2D eigenvalue weighted by molar-refractivity contribution is 5.81. The van der Waals surface area contributed by atoms with Crippen LogP contribution in [0, 0.1) is 0 Å². The minimum atomic E-state index is -0.0377. The van der Waals surface area contributed by atoms with Gasteiger partial charge in [-0.1, -0.05) is 42.5 Å². The molecular weight excluding hydrogens is 324 g/mol. The fourth-order valence-electron chi connectivity index (χ4n) is 2.97. The van der Waals surface area contributed by atoms with Gasteiger partial charge in [0, 0.05) is 36.4 Å². The van der Waals surface area contributed by atoms with E-state index in [1.165, 1.54) is 11.1 Å². The molecule has 0 saturated heterocycles. The number of nitrogens with one attached hydrogen (secondary N) is 1. The SMILES string of the molecule is OCc1cc2ccccc2nc1NCc1ccc(Cn2ccnc2)cc1. The van der Waals surface area contributed by atoms with Crippen molar-refractivity contribution in [3.05, 3.63) is 90.0 Å². The van der Waals surface area contributed by atoms with E-state index in [0.717, 1.165) is 28.8 Å². The first kappa shape index (κ1) is 16.3. The number of fused-ring (bicyclic) bond motifs is 1. The number of benzene rings is 2. The highest BCUT2D eigenvalue weighted by atomic mass is 16.3. The molecule has 26 heavy (non-hydrogen) atoms. The fourth-order valence-corrected chi connectivity index (χ4v) is 2.97. The van der Waals surface area contributed by atoms with Crippen molar-refractivity contribution in [3.63, 3.8) is 0 Å². The minimum absolute atomic E-state index is 0.0377. The van der Waals surface area contributed by atoms with Crippen molar-refractivity contribution < 1.29 is 5.11 Å². The van der Waals surface area contributed by atoms with E-state index in [1.807, 2.05) is 47.4 Å². The summed E-state index contributed by atoms with van der Waals surface area (Å²) in [6.45, 7) is 1.43. The van der Waals surface area contributed by atoms with Crippen LogP contribution in [0.25, 0.3) is 10.9 Å². The lowest BCUT2D eigenvalue weighted by atomic mass is 10.1. The van der Waals surface area contributed by atoms with E-state index < -0.39 is 0 Å². The zero-order valence-corrected chi connectivity index (χ0v) is 14.3. The number of aliphatic hydroxyl groups is 1. The van der Waals surface area contributed by atoms with Gasteiger partial charge in [0.1, 0.15) is 5.82 Å². The fraction of sp³-hybridized carbons (Fsp3) is 0.143. The Morgan fingerprint density at radius 2 is 1.81 bits per heavy atom. The maximum Gasteiger partial charge on any atom is 0.132 e. The van der Waals surface area contributed by atoms with Gasteiger partial charge in [-0.3, -0.25) is 0 Å². The van der Waals surface area contributed by atoms with Crippen LogP contribution in [0.4, 0.5) is 5.82 Å².